The molecule has 0 saturated carbocycles. The van der Waals surface area contributed by atoms with Crippen LogP contribution in [0.25, 0.3) is 0 Å². The number of benzene rings is 2. The first-order valence-electron chi connectivity index (χ1n) is 8.23. The summed E-state index contributed by atoms with van der Waals surface area (Å²) in [4.78, 5) is 12.1. The van der Waals surface area contributed by atoms with Crippen molar-refractivity contribution < 1.29 is 23.8 Å². The first-order chi connectivity index (χ1) is 13.6. The highest BCUT2D eigenvalue weighted by molar-refractivity contribution is 9.10. The second kappa shape index (κ2) is 9.23. The number of aromatic nitrogens is 2. The van der Waals surface area contributed by atoms with Gasteiger partial charge in [0.2, 0.25) is 0 Å². The highest BCUT2D eigenvalue weighted by Crippen LogP contribution is 2.19. The molecule has 0 bridgehead atoms. The Bertz CT molecular complexity index is 992. The van der Waals surface area contributed by atoms with Crippen molar-refractivity contribution in [3.05, 3.63) is 81.3 Å². The summed E-state index contributed by atoms with van der Waals surface area (Å²) >= 11 is 3.11. The maximum Gasteiger partial charge on any atom is 0.312 e. The Hall–Kier alpha value is -3.07. The van der Waals surface area contributed by atoms with Crippen molar-refractivity contribution in [1.82, 2.24) is 10.3 Å². The number of nitrogens with zero attached hydrogens (tertiary/aromatic N) is 3. The molecule has 9 heteroatoms. The quantitative estimate of drug-likeness (QED) is 0.256. The van der Waals surface area contributed by atoms with Crippen LogP contribution in [-0.4, -0.2) is 27.2 Å². The normalized spacial score (nSPS) is 11.4. The van der Waals surface area contributed by atoms with Crippen molar-refractivity contribution in [2.75, 3.05) is 0 Å². The Morgan fingerprint density at radius 3 is 2.64 bits per heavy atom. The van der Waals surface area contributed by atoms with Crippen LogP contribution < -0.4 is 0 Å². The van der Waals surface area contributed by atoms with E-state index in [2.05, 4.69) is 31.4 Å². The summed E-state index contributed by atoms with van der Waals surface area (Å²) in [5.41, 5.74) is 1.98. The summed E-state index contributed by atoms with van der Waals surface area (Å²) < 4.78 is 23.6. The van der Waals surface area contributed by atoms with Crippen molar-refractivity contribution >= 4 is 27.6 Å². The third-order valence-corrected chi connectivity index (χ3v) is 4.47. The minimum atomic E-state index is -0.525. The Balaban J connectivity index is 1.67. The van der Waals surface area contributed by atoms with Gasteiger partial charge in [0.05, 0.1) is 10.9 Å². The maximum atomic E-state index is 13.4. The lowest BCUT2D eigenvalue weighted by Gasteiger charge is -2.06. The third kappa shape index (κ3) is 5.01. The number of ether oxygens (including phenoxy) is 1. The van der Waals surface area contributed by atoms with Crippen LogP contribution in [0.4, 0.5) is 4.39 Å². The topological polar surface area (TPSA) is 97.8 Å². The van der Waals surface area contributed by atoms with Gasteiger partial charge < -0.3 is 9.94 Å². The molecule has 0 spiro atoms. The number of rotatable bonds is 7. The smallest absolute Gasteiger partial charge is 0.312 e. The molecule has 0 aliphatic carbocycles. The number of esters is 1. The summed E-state index contributed by atoms with van der Waals surface area (Å²) in [6.07, 6.45) is -0.0620. The molecule has 1 aromatic heterocycles. The maximum absolute atomic E-state index is 13.4. The Kier molecular flexibility index (Phi) is 6.49. The van der Waals surface area contributed by atoms with Crippen LogP contribution in [0.1, 0.15) is 22.5 Å². The van der Waals surface area contributed by atoms with Gasteiger partial charge in [-0.15, -0.1) is 0 Å². The zero-order valence-corrected chi connectivity index (χ0v) is 16.1. The molecule has 144 valence electrons. The zero-order valence-electron chi connectivity index (χ0n) is 14.5. The fourth-order valence-corrected chi connectivity index (χ4v) is 2.90. The van der Waals surface area contributed by atoms with Crippen molar-refractivity contribution in [2.24, 2.45) is 5.16 Å². The van der Waals surface area contributed by atoms with E-state index in [1.165, 1.54) is 6.07 Å². The van der Waals surface area contributed by atoms with E-state index < -0.39 is 11.8 Å². The van der Waals surface area contributed by atoms with Gasteiger partial charge in [0, 0.05) is 6.42 Å². The number of hydrogen-bond acceptors (Lipinski definition) is 7. The fourth-order valence-electron chi connectivity index (χ4n) is 2.48. The molecule has 0 fully saturated rings. The lowest BCUT2D eigenvalue weighted by molar-refractivity contribution is -0.144. The molecule has 28 heavy (non-hydrogen) atoms. The van der Waals surface area contributed by atoms with E-state index in [0.717, 1.165) is 5.56 Å². The molecule has 0 saturated heterocycles. The molecule has 7 nitrogen and oxygen atoms in total. The molecule has 1 N–H and O–H groups in total. The van der Waals surface area contributed by atoms with E-state index >= 15 is 0 Å². The lowest BCUT2D eigenvalue weighted by atomic mass is 10.0. The third-order valence-electron chi connectivity index (χ3n) is 3.86. The molecule has 3 rings (SSSR count). The minimum absolute atomic E-state index is 0.130. The van der Waals surface area contributed by atoms with E-state index in [9.17, 15) is 14.4 Å². The van der Waals surface area contributed by atoms with E-state index in [1.807, 2.05) is 30.3 Å². The van der Waals surface area contributed by atoms with Crippen LogP contribution in [0.3, 0.4) is 0 Å². The van der Waals surface area contributed by atoms with E-state index in [0.29, 0.717) is 5.56 Å². The summed E-state index contributed by atoms with van der Waals surface area (Å²) in [6.45, 7) is 0.130. The van der Waals surface area contributed by atoms with Crippen molar-refractivity contribution in [3.63, 3.8) is 0 Å². The van der Waals surface area contributed by atoms with Crippen LogP contribution >= 0.6 is 15.9 Å². The Morgan fingerprint density at radius 2 is 1.93 bits per heavy atom. The number of halogens is 2. The molecule has 0 aliphatic heterocycles. The molecular weight excluding hydrogens is 433 g/mol. The van der Waals surface area contributed by atoms with Gasteiger partial charge in [-0.25, -0.2) is 9.02 Å². The van der Waals surface area contributed by atoms with Gasteiger partial charge in [-0.3, -0.25) is 4.79 Å². The Morgan fingerprint density at radius 1 is 1.14 bits per heavy atom. The number of oxime groups is 1. The predicted molar refractivity (Wildman–Crippen MR) is 100 cm³/mol. The van der Waals surface area contributed by atoms with Gasteiger partial charge in [-0.2, -0.15) is 0 Å². The molecule has 1 heterocycles. The molecule has 0 radical (unpaired) electrons. The van der Waals surface area contributed by atoms with Gasteiger partial charge in [-0.05, 0) is 44.3 Å². The fraction of sp³-hybridized carbons (Fsp3) is 0.158. The van der Waals surface area contributed by atoms with Gasteiger partial charge in [0.15, 0.2) is 5.69 Å². The average Bonchev–Trinajstić information content (AvgIpc) is 3.16. The number of carbonyl (C=O) groups is 1. The molecular formula is C19H15BrFN3O4. The second-order valence-corrected chi connectivity index (χ2v) is 6.71. The Labute approximate surface area is 167 Å². The standard InChI is InChI=1S/C19H15BrFN3O4/c20-14-8-13(6-7-15(14)21)9-16(22-26)19-17(23-28-24-19)10-18(25)27-11-12-4-2-1-3-5-12/h1-8,26H,9-11H2/b22-16+. The van der Waals surface area contributed by atoms with E-state index in [4.69, 9.17) is 9.37 Å². The molecule has 0 atom stereocenters. The molecule has 3 aromatic rings. The SMILES string of the molecule is O=C(Cc1nonc1/C(Cc1ccc(F)c(Br)c1)=N/O)OCc1ccccc1. The van der Waals surface area contributed by atoms with Gasteiger partial charge >= 0.3 is 5.97 Å². The number of carbonyl (C=O) groups excluding carboxylic acids is 1. The summed E-state index contributed by atoms with van der Waals surface area (Å²) in [5, 5.41) is 20.0. The summed E-state index contributed by atoms with van der Waals surface area (Å²) in [7, 11) is 0. The summed E-state index contributed by atoms with van der Waals surface area (Å²) in [5.74, 6) is -0.932. The van der Waals surface area contributed by atoms with Crippen LogP contribution in [0.2, 0.25) is 0 Å². The number of hydrogen-bond donors (Lipinski definition) is 1. The van der Waals surface area contributed by atoms with Crippen LogP contribution in [0, 0.1) is 5.82 Å². The van der Waals surface area contributed by atoms with Crippen molar-refractivity contribution in [3.8, 4) is 0 Å². The average molecular weight is 448 g/mol. The first-order valence-corrected chi connectivity index (χ1v) is 9.02. The largest absolute Gasteiger partial charge is 0.461 e. The second-order valence-electron chi connectivity index (χ2n) is 5.85. The molecule has 0 unspecified atom stereocenters. The molecule has 0 aliphatic rings. The van der Waals surface area contributed by atoms with Crippen molar-refractivity contribution in [2.45, 2.75) is 19.4 Å². The van der Waals surface area contributed by atoms with E-state index in [1.54, 1.807) is 12.1 Å². The summed E-state index contributed by atoms with van der Waals surface area (Å²) in [6, 6.07) is 13.6. The van der Waals surface area contributed by atoms with Gasteiger partial charge in [0.1, 0.15) is 23.8 Å². The van der Waals surface area contributed by atoms with Gasteiger partial charge in [0.25, 0.3) is 0 Å². The van der Waals surface area contributed by atoms with Gasteiger partial charge in [-0.1, -0.05) is 46.7 Å². The molecule has 0 amide bonds. The van der Waals surface area contributed by atoms with Crippen molar-refractivity contribution in [1.29, 1.82) is 0 Å². The first kappa shape index (κ1) is 19.7. The highest BCUT2D eigenvalue weighted by Gasteiger charge is 2.21. The van der Waals surface area contributed by atoms with E-state index in [-0.39, 0.29) is 41.0 Å². The monoisotopic (exact) mass is 447 g/mol. The predicted octanol–water partition coefficient (Wildman–Crippen LogP) is 3.68. The van der Waals surface area contributed by atoms with Crippen LogP contribution in [0.15, 0.2) is 62.8 Å². The van der Waals surface area contributed by atoms with Crippen LogP contribution in [0.5, 0.6) is 0 Å². The molecule has 2 aromatic carbocycles. The minimum Gasteiger partial charge on any atom is -0.461 e. The lowest BCUT2D eigenvalue weighted by Crippen LogP contribution is -2.14. The zero-order chi connectivity index (χ0) is 19.9. The highest BCUT2D eigenvalue weighted by atomic mass is 79.9. The van der Waals surface area contributed by atoms with Crippen LogP contribution in [-0.2, 0) is 29.0 Å².